The van der Waals surface area contributed by atoms with Crippen molar-refractivity contribution < 1.29 is 142 Å². The van der Waals surface area contributed by atoms with Crippen molar-refractivity contribution in [3.63, 3.8) is 0 Å². The van der Waals surface area contributed by atoms with E-state index in [0.29, 0.717) is 17.0 Å². The van der Waals surface area contributed by atoms with E-state index in [0.717, 1.165) is 53.6 Å². The number of primary amides is 1. The van der Waals surface area contributed by atoms with Crippen LogP contribution in [0.3, 0.4) is 0 Å². The molecule has 19 unspecified atom stereocenters. The molecule has 7 aromatic rings. The van der Waals surface area contributed by atoms with Crippen LogP contribution in [0, 0.1) is 17.8 Å². The molecule has 7 aromatic carbocycles. The summed E-state index contributed by atoms with van der Waals surface area (Å²) in [6, 6.07) is 19.9. The molecule has 3 fully saturated rings. The molecular formula is C92H104Cl3N7O29. The number of halogens is 3. The van der Waals surface area contributed by atoms with Gasteiger partial charge in [-0.2, -0.15) is 0 Å². The molecule has 0 radical (unpaired) electrons. The molecule has 0 spiro atoms. The number of aliphatic carboxylic acids is 2. The van der Waals surface area contributed by atoms with E-state index < -0.39 is 292 Å². The molecule has 3 saturated heterocycles. The van der Waals surface area contributed by atoms with E-state index in [1.807, 2.05) is 26.0 Å². The predicted octanol–water partition coefficient (Wildman–Crippen LogP) is 7.38. The summed E-state index contributed by atoms with van der Waals surface area (Å²) in [4.78, 5) is 135. The Hall–Kier alpha value is -10.7. The zero-order chi connectivity index (χ0) is 94.8. The highest BCUT2D eigenvalue weighted by atomic mass is 35.5. The fourth-order valence-corrected chi connectivity index (χ4v) is 18.1. The number of hydrogen-bond donors (Lipinski definition) is 18. The summed E-state index contributed by atoms with van der Waals surface area (Å²) in [7, 11) is 0. The van der Waals surface area contributed by atoms with Crippen LogP contribution in [-0.2, 0) is 78.2 Å². The van der Waals surface area contributed by atoms with Gasteiger partial charge in [0.05, 0.1) is 59.5 Å². The van der Waals surface area contributed by atoms with Gasteiger partial charge in [-0.15, -0.1) is 0 Å². The lowest BCUT2D eigenvalue weighted by atomic mass is 9.84. The van der Waals surface area contributed by atoms with Gasteiger partial charge in [0.1, 0.15) is 77.4 Å². The number of carboxylic acids is 2. The number of benzene rings is 7. The molecule has 8 aliphatic rings. The summed E-state index contributed by atoms with van der Waals surface area (Å²) in [5.74, 6) is -21.2. The Balaban J connectivity index is 0.989. The lowest BCUT2D eigenvalue weighted by molar-refractivity contribution is -0.334. The minimum absolute atomic E-state index is 0.0537. The molecule has 0 saturated carbocycles. The SMILES string of the molecule is CC[C@H](CC(C)C)C(=O)N[C@@H]1C(=O)CC(CC(N)=O)C(=O)NC2C(=O)CC3C(=O)N[C@H](C(=O)NC(C(=O)O)c4cc(O)cc(O)c4-c4cc3ccc4O)[C@H](OC3CC(C)(N)C(O)C(C)O3)c3ccc(c(Cl)c3)Oc3cc2cc(c3OC2OC(CO)C(O)C(O)C2OC2CC(C)(NCC(OCc3ccc(-c4ccccc4Cl)cc3)C(=O)O)C(O)C(C)O2)Oc2ccc(cc2Cl)C1O. The Bertz CT molecular complexity index is 5480. The minimum Gasteiger partial charge on any atom is -0.508 e. The molecule has 8 heterocycles. The van der Waals surface area contributed by atoms with E-state index in [1.165, 1.54) is 64.1 Å². The highest BCUT2D eigenvalue weighted by Crippen LogP contribution is 2.51. The highest BCUT2D eigenvalue weighted by Gasteiger charge is 2.54. The Labute approximate surface area is 766 Å². The van der Waals surface area contributed by atoms with Gasteiger partial charge in [-0.25, -0.2) is 9.59 Å². The quantitative estimate of drug-likeness (QED) is 0.0297. The Morgan fingerprint density at radius 2 is 1.30 bits per heavy atom. The summed E-state index contributed by atoms with van der Waals surface area (Å²) >= 11 is 21.2. The zero-order valence-electron chi connectivity index (χ0n) is 72.0. The normalized spacial score (nSPS) is 29.3. The van der Waals surface area contributed by atoms with Crippen LogP contribution < -0.4 is 52.3 Å². The average Bonchev–Trinajstić information content (AvgIpc) is 0.761. The number of Topliss-reactive ketones (excluding diaryl/α,β-unsaturated/α-hetero) is 2. The Morgan fingerprint density at radius 3 is 1.92 bits per heavy atom. The van der Waals surface area contributed by atoms with Crippen LogP contribution in [0.5, 0.6) is 46.0 Å². The number of hydrogen-bond acceptors (Lipinski definition) is 29. The maximum atomic E-state index is 16.7. The maximum Gasteiger partial charge on any atom is 0.334 e. The summed E-state index contributed by atoms with van der Waals surface area (Å²) in [6.07, 6.45) is -27.2. The number of ketones is 2. The van der Waals surface area contributed by atoms with E-state index in [4.69, 9.17) is 88.9 Å². The number of amides is 5. The molecule has 15 rings (SSSR count). The van der Waals surface area contributed by atoms with Gasteiger partial charge >= 0.3 is 11.9 Å². The standard InChI is InChI=1S/C92H104Cl3N7O29/c1-8-43(23-39(2)3)84(115)101-74-60(107)27-49(30-68(96)109)85(116)99-72-48-28-64(126-62-21-18-46(76(74)110)25-56(62)94)80(131-90-81(78(112)77(111)67(37-103)128-90)130-70-35-92(7,83(114)41(5)125-70)98-36-66(88(119)120)123-38-42-13-15-44(16-14-42)51-11-9-10-12-55(51)93)65(29-48)127-63-22-19-47(26-57(63)95)79(129-69-34-91(6,97)82(113)40(4)124-69)75-87(118)100-73(89(121)122)54-31-50(104)32-59(106)71(54)53-24-45(17-20-58(53)105)52(33-61(72)108)86(117)102-75/h9-22,24-26,28-29,31-32,39-41,43,49,52,66-67,69-70,72-79,81-83,90,98,103-106,110-114H,8,23,27,30,33-38,97H2,1-7H3,(H2,96,109)(H,99,116)(H,100,118)(H,101,115)(H,102,117)(H,119,120)(H,121,122)/t40?,41?,43-,49?,52?,66?,67?,69?,70?,72?,73?,74-,75+,76?,77?,78?,79-,81?,82?,83?,90?,91?,92?/m1/s1. The Kier molecular flexibility index (Phi) is 30.4. The van der Waals surface area contributed by atoms with Crippen molar-refractivity contribution in [3.05, 3.63) is 176 Å². The van der Waals surface area contributed by atoms with Gasteiger partial charge in [-0.3, -0.25) is 33.6 Å². The van der Waals surface area contributed by atoms with Crippen molar-refractivity contribution in [1.29, 1.82) is 0 Å². The number of aliphatic hydroxyl groups excluding tert-OH is 6. The number of fused-ring (bicyclic) bond motifs is 15. The topological polar surface area (TPSA) is 571 Å². The monoisotopic (exact) mass is 1880 g/mol. The number of aliphatic hydroxyl groups is 6. The van der Waals surface area contributed by atoms with Crippen molar-refractivity contribution in [3.8, 4) is 68.2 Å². The van der Waals surface area contributed by atoms with Crippen LogP contribution >= 0.6 is 34.8 Å². The van der Waals surface area contributed by atoms with Crippen molar-refractivity contribution in [2.75, 3.05) is 13.2 Å². The van der Waals surface area contributed by atoms with Gasteiger partial charge in [0.15, 0.2) is 53.9 Å². The van der Waals surface area contributed by atoms with E-state index >= 15 is 24.0 Å². The second-order valence-corrected chi connectivity index (χ2v) is 35.9. The number of carbonyl (C=O) groups is 9. The number of carbonyl (C=O) groups excluding carboxylic acids is 7. The molecule has 20 N–H and O–H groups in total. The first-order valence-electron chi connectivity index (χ1n) is 42.5. The van der Waals surface area contributed by atoms with Gasteiger partial charge in [0.2, 0.25) is 41.6 Å². The van der Waals surface area contributed by atoms with Crippen LogP contribution in [0.15, 0.2) is 127 Å². The molecule has 36 nitrogen and oxygen atoms in total. The molecule has 0 aromatic heterocycles. The highest BCUT2D eigenvalue weighted by molar-refractivity contribution is 6.33. The van der Waals surface area contributed by atoms with Crippen LogP contribution in [0.1, 0.15) is 157 Å². The number of phenolic OH excluding ortho intramolecular Hbond substituents is 3. The first-order chi connectivity index (χ1) is 62.0. The van der Waals surface area contributed by atoms with Crippen molar-refractivity contribution >= 4 is 87.8 Å². The number of nitrogens with one attached hydrogen (secondary N) is 5. The van der Waals surface area contributed by atoms with Crippen LogP contribution in [0.2, 0.25) is 15.1 Å². The minimum atomic E-state index is -2.30. The van der Waals surface area contributed by atoms with Crippen LogP contribution in [0.4, 0.5) is 0 Å². The average molecular weight is 1880 g/mol. The zero-order valence-corrected chi connectivity index (χ0v) is 74.2. The molecular weight excluding hydrogens is 1770 g/mol. The number of carboxylic acid groups (broad SMARTS) is 2. The fourth-order valence-electron chi connectivity index (χ4n) is 17.4. The molecule has 5 amide bonds. The van der Waals surface area contributed by atoms with Crippen molar-refractivity contribution in [2.24, 2.45) is 29.2 Å². The first kappa shape index (κ1) is 97.8. The van der Waals surface area contributed by atoms with Gasteiger partial charge in [-0.05, 0) is 140 Å². The Morgan fingerprint density at radius 1 is 0.656 bits per heavy atom. The van der Waals surface area contributed by atoms with E-state index in [2.05, 4.69) is 26.6 Å². The molecule has 23 atom stereocenters. The molecule has 131 heavy (non-hydrogen) atoms. The van der Waals surface area contributed by atoms with Crippen LogP contribution in [0.25, 0.3) is 22.3 Å². The number of rotatable bonds is 23. The van der Waals surface area contributed by atoms with E-state index in [9.17, 15) is 75.3 Å². The summed E-state index contributed by atoms with van der Waals surface area (Å²) in [6.45, 7) is 9.76. The smallest absolute Gasteiger partial charge is 0.334 e. The van der Waals surface area contributed by atoms with Crippen LogP contribution in [-0.4, -0.2) is 219 Å². The van der Waals surface area contributed by atoms with Gasteiger partial charge < -0.3 is 137 Å². The van der Waals surface area contributed by atoms with Crippen molar-refractivity contribution in [2.45, 2.75) is 227 Å². The molecule has 702 valence electrons. The second kappa shape index (κ2) is 40.8. The third kappa shape index (κ3) is 21.8. The fraction of sp³-hybridized carbons (Fsp3) is 0.446. The predicted molar refractivity (Wildman–Crippen MR) is 466 cm³/mol. The number of aromatic hydroxyl groups is 3. The third-order valence-corrected chi connectivity index (χ3v) is 25.4. The first-order valence-corrected chi connectivity index (χ1v) is 43.6. The third-order valence-electron chi connectivity index (χ3n) is 24.5. The van der Waals surface area contributed by atoms with Gasteiger partial charge in [-0.1, -0.05) is 116 Å². The maximum absolute atomic E-state index is 16.7. The summed E-state index contributed by atoms with van der Waals surface area (Å²) in [5.41, 5.74) is 9.17. The largest absolute Gasteiger partial charge is 0.508 e. The number of nitrogens with two attached hydrogens (primary N) is 2. The van der Waals surface area contributed by atoms with Gasteiger partial charge in [0, 0.05) is 89.0 Å². The van der Waals surface area contributed by atoms with E-state index in [-0.39, 0.29) is 59.2 Å². The molecule has 0 aliphatic carbocycles. The lowest BCUT2D eigenvalue weighted by Gasteiger charge is -2.48. The van der Waals surface area contributed by atoms with E-state index in [1.54, 1.807) is 43.3 Å². The summed E-state index contributed by atoms with van der Waals surface area (Å²) < 4.78 is 58.8. The van der Waals surface area contributed by atoms with Crippen molar-refractivity contribution in [1.82, 2.24) is 26.6 Å². The molecule has 11 bridgehead atoms. The number of ether oxygens (including phenoxy) is 9. The second-order valence-electron chi connectivity index (χ2n) is 34.7. The molecule has 8 aliphatic heterocycles. The van der Waals surface area contributed by atoms with Gasteiger partial charge in [0.25, 0.3) is 0 Å². The lowest BCUT2D eigenvalue weighted by Crippen LogP contribution is -2.66. The summed E-state index contributed by atoms with van der Waals surface area (Å²) in [5, 5.41) is 141. The molecule has 39 heteroatoms. The number of phenols is 3.